The molecule has 0 amide bonds. The molecule has 1 saturated heterocycles. The van der Waals surface area contributed by atoms with Crippen LogP contribution in [0.4, 0.5) is 10.1 Å². The van der Waals surface area contributed by atoms with Crippen molar-refractivity contribution in [3.63, 3.8) is 0 Å². The summed E-state index contributed by atoms with van der Waals surface area (Å²) in [5.74, 6) is -0.328. The van der Waals surface area contributed by atoms with Crippen molar-refractivity contribution in [2.75, 3.05) is 38.1 Å². The molecule has 0 radical (unpaired) electrons. The molecule has 18 heavy (non-hydrogen) atoms. The van der Waals surface area contributed by atoms with Gasteiger partial charge in [0.2, 0.25) is 0 Å². The number of rotatable bonds is 4. The number of nitrogens with zero attached hydrogens (tertiary/aromatic N) is 1. The Morgan fingerprint density at radius 2 is 2.39 bits per heavy atom. The minimum absolute atomic E-state index is 0.105. The molecular formula is C13H18ClFN2O. The zero-order valence-electron chi connectivity index (χ0n) is 10.5. The summed E-state index contributed by atoms with van der Waals surface area (Å²) < 4.78 is 19.2. The molecule has 1 aliphatic rings. The highest BCUT2D eigenvalue weighted by molar-refractivity contribution is 6.30. The second-order valence-electron chi connectivity index (χ2n) is 4.39. The van der Waals surface area contributed by atoms with Gasteiger partial charge in [0.1, 0.15) is 5.82 Å². The first kappa shape index (κ1) is 13.6. The average Bonchev–Trinajstić information content (AvgIpc) is 2.38. The lowest BCUT2D eigenvalue weighted by Crippen LogP contribution is -2.45. The van der Waals surface area contributed by atoms with Crippen LogP contribution in [0.5, 0.6) is 0 Å². The van der Waals surface area contributed by atoms with Crippen LogP contribution in [0.2, 0.25) is 5.02 Å². The predicted octanol–water partition coefficient (Wildman–Crippen LogP) is 2.61. The normalized spacial score (nSPS) is 20.9. The molecule has 1 fully saturated rings. The third kappa shape index (κ3) is 3.57. The van der Waals surface area contributed by atoms with Crippen molar-refractivity contribution in [2.24, 2.45) is 0 Å². The average molecular weight is 273 g/mol. The predicted molar refractivity (Wildman–Crippen MR) is 71.8 cm³/mol. The van der Waals surface area contributed by atoms with Crippen LogP contribution in [0.1, 0.15) is 6.92 Å². The molecule has 3 nitrogen and oxygen atoms in total. The fraction of sp³-hybridized carbons (Fsp3) is 0.538. The molecule has 1 N–H and O–H groups in total. The fourth-order valence-corrected chi connectivity index (χ4v) is 2.21. The van der Waals surface area contributed by atoms with Crippen molar-refractivity contribution in [3.05, 3.63) is 29.0 Å². The second-order valence-corrected chi connectivity index (χ2v) is 4.83. The number of benzene rings is 1. The first-order valence-corrected chi connectivity index (χ1v) is 6.59. The highest BCUT2D eigenvalue weighted by Gasteiger charge is 2.19. The molecular weight excluding hydrogens is 255 g/mol. The van der Waals surface area contributed by atoms with Crippen molar-refractivity contribution >= 4 is 17.3 Å². The van der Waals surface area contributed by atoms with Gasteiger partial charge in [-0.25, -0.2) is 4.39 Å². The highest BCUT2D eigenvalue weighted by atomic mass is 35.5. The van der Waals surface area contributed by atoms with Crippen molar-refractivity contribution in [2.45, 2.75) is 13.0 Å². The molecule has 5 heteroatoms. The Bertz CT molecular complexity index is 403. The molecule has 0 aliphatic carbocycles. The van der Waals surface area contributed by atoms with E-state index >= 15 is 0 Å². The number of morpholine rings is 1. The Morgan fingerprint density at radius 3 is 3.11 bits per heavy atom. The quantitative estimate of drug-likeness (QED) is 0.912. The molecule has 100 valence electrons. The Labute approximate surface area is 112 Å². The third-order valence-corrected chi connectivity index (χ3v) is 3.36. The summed E-state index contributed by atoms with van der Waals surface area (Å²) in [5.41, 5.74) is 0.469. The molecule has 0 spiro atoms. The fourth-order valence-electron chi connectivity index (χ4n) is 2.05. The Balaban J connectivity index is 1.87. The van der Waals surface area contributed by atoms with E-state index in [0.717, 1.165) is 26.2 Å². The van der Waals surface area contributed by atoms with E-state index in [0.29, 0.717) is 17.3 Å². The second kappa shape index (κ2) is 6.36. The van der Waals surface area contributed by atoms with E-state index in [4.69, 9.17) is 16.3 Å². The largest absolute Gasteiger partial charge is 0.380 e. The van der Waals surface area contributed by atoms with Gasteiger partial charge in [0.25, 0.3) is 0 Å². The summed E-state index contributed by atoms with van der Waals surface area (Å²) in [5, 5.41) is 3.48. The number of hydrogen-bond acceptors (Lipinski definition) is 3. The maximum absolute atomic E-state index is 13.5. The van der Waals surface area contributed by atoms with E-state index < -0.39 is 0 Å². The molecule has 0 bridgehead atoms. The van der Waals surface area contributed by atoms with E-state index in [-0.39, 0.29) is 11.9 Å². The van der Waals surface area contributed by atoms with E-state index in [9.17, 15) is 4.39 Å². The Hall–Kier alpha value is -0.840. The van der Waals surface area contributed by atoms with Gasteiger partial charge in [0.15, 0.2) is 0 Å². The minimum Gasteiger partial charge on any atom is -0.380 e. The van der Waals surface area contributed by atoms with Crippen LogP contribution in [0.3, 0.4) is 0 Å². The third-order valence-electron chi connectivity index (χ3n) is 3.12. The highest BCUT2D eigenvalue weighted by Crippen LogP contribution is 2.19. The van der Waals surface area contributed by atoms with Gasteiger partial charge in [0.05, 0.1) is 18.4 Å². The van der Waals surface area contributed by atoms with Crippen molar-refractivity contribution in [1.82, 2.24) is 4.90 Å². The van der Waals surface area contributed by atoms with Gasteiger partial charge in [-0.3, -0.25) is 4.90 Å². The number of nitrogens with one attached hydrogen (secondary N) is 1. The lowest BCUT2D eigenvalue weighted by Gasteiger charge is -2.32. The van der Waals surface area contributed by atoms with Gasteiger partial charge in [-0.15, -0.1) is 0 Å². The molecule has 1 aromatic carbocycles. The van der Waals surface area contributed by atoms with Gasteiger partial charge in [-0.2, -0.15) is 0 Å². The standard InChI is InChI=1S/C13H18ClFN2O/c1-2-17-5-6-18-11(9-17)8-16-13-4-3-10(14)7-12(13)15/h3-4,7,11,16H,2,5-6,8-9H2,1H3. The molecule has 1 unspecified atom stereocenters. The SMILES string of the molecule is CCN1CCOC(CNc2ccc(Cl)cc2F)C1. The summed E-state index contributed by atoms with van der Waals surface area (Å²) in [6.07, 6.45) is 0.105. The van der Waals surface area contributed by atoms with Gasteiger partial charge in [-0.05, 0) is 24.7 Å². The maximum atomic E-state index is 13.5. The number of halogens is 2. The van der Waals surface area contributed by atoms with E-state index in [2.05, 4.69) is 17.1 Å². The van der Waals surface area contributed by atoms with Crippen LogP contribution in [0, 0.1) is 5.82 Å². The Kier molecular flexibility index (Phi) is 4.80. The summed E-state index contributed by atoms with van der Waals surface area (Å²) >= 11 is 5.70. The summed E-state index contributed by atoms with van der Waals surface area (Å²) in [6, 6.07) is 4.63. The first-order chi connectivity index (χ1) is 8.69. The smallest absolute Gasteiger partial charge is 0.147 e. The van der Waals surface area contributed by atoms with Crippen LogP contribution in [0.15, 0.2) is 18.2 Å². The van der Waals surface area contributed by atoms with Gasteiger partial charge in [0, 0.05) is 24.7 Å². The summed E-state index contributed by atoms with van der Waals surface area (Å²) in [6.45, 7) is 6.36. The lowest BCUT2D eigenvalue weighted by molar-refractivity contribution is -0.0192. The number of ether oxygens (including phenoxy) is 1. The molecule has 0 aromatic heterocycles. The number of likely N-dealkylation sites (N-methyl/N-ethyl adjacent to an activating group) is 1. The van der Waals surface area contributed by atoms with E-state index in [1.807, 2.05) is 0 Å². The monoisotopic (exact) mass is 272 g/mol. The van der Waals surface area contributed by atoms with Crippen LogP contribution in [0.25, 0.3) is 0 Å². The maximum Gasteiger partial charge on any atom is 0.147 e. The minimum atomic E-state index is -0.328. The summed E-state index contributed by atoms with van der Waals surface area (Å²) in [4.78, 5) is 2.33. The molecule has 0 saturated carbocycles. The Morgan fingerprint density at radius 1 is 1.56 bits per heavy atom. The molecule has 1 aromatic rings. The topological polar surface area (TPSA) is 24.5 Å². The van der Waals surface area contributed by atoms with Crippen LogP contribution < -0.4 is 5.32 Å². The molecule has 2 rings (SSSR count). The van der Waals surface area contributed by atoms with E-state index in [1.54, 1.807) is 12.1 Å². The van der Waals surface area contributed by atoms with Gasteiger partial charge < -0.3 is 10.1 Å². The van der Waals surface area contributed by atoms with Crippen LogP contribution >= 0.6 is 11.6 Å². The first-order valence-electron chi connectivity index (χ1n) is 6.22. The lowest BCUT2D eigenvalue weighted by atomic mass is 10.2. The molecule has 1 heterocycles. The van der Waals surface area contributed by atoms with Crippen molar-refractivity contribution in [1.29, 1.82) is 0 Å². The van der Waals surface area contributed by atoms with Gasteiger partial charge in [-0.1, -0.05) is 18.5 Å². The van der Waals surface area contributed by atoms with Crippen LogP contribution in [-0.4, -0.2) is 43.8 Å². The van der Waals surface area contributed by atoms with Crippen LogP contribution in [-0.2, 0) is 4.74 Å². The summed E-state index contributed by atoms with van der Waals surface area (Å²) in [7, 11) is 0. The number of hydrogen-bond donors (Lipinski definition) is 1. The molecule has 1 aliphatic heterocycles. The van der Waals surface area contributed by atoms with Crippen molar-refractivity contribution in [3.8, 4) is 0 Å². The number of anilines is 1. The van der Waals surface area contributed by atoms with E-state index in [1.165, 1.54) is 6.07 Å². The zero-order valence-corrected chi connectivity index (χ0v) is 11.2. The van der Waals surface area contributed by atoms with Crippen molar-refractivity contribution < 1.29 is 9.13 Å². The molecule has 1 atom stereocenters. The zero-order chi connectivity index (χ0) is 13.0. The van der Waals surface area contributed by atoms with Gasteiger partial charge >= 0.3 is 0 Å².